The quantitative estimate of drug-likeness (QED) is 0.529. The second-order valence-corrected chi connectivity index (χ2v) is 9.62. The van der Waals surface area contributed by atoms with Crippen molar-refractivity contribution < 1.29 is 14.6 Å². The largest absolute Gasteiger partial charge is 0.390 e. The molecule has 2 aliphatic rings. The van der Waals surface area contributed by atoms with Crippen molar-refractivity contribution in [1.82, 2.24) is 15.2 Å². The summed E-state index contributed by atoms with van der Waals surface area (Å²) in [5.74, 6) is -0.245. The number of aromatic nitrogens is 3. The second kappa shape index (κ2) is 9.12. The van der Waals surface area contributed by atoms with Crippen molar-refractivity contribution in [2.75, 3.05) is 54.5 Å². The highest BCUT2D eigenvalue weighted by Crippen LogP contribution is 2.35. The van der Waals surface area contributed by atoms with Gasteiger partial charge in [-0.15, -0.1) is 11.3 Å². The zero-order valence-electron chi connectivity index (χ0n) is 18.6. The van der Waals surface area contributed by atoms with Gasteiger partial charge >= 0.3 is 0 Å². The van der Waals surface area contributed by atoms with Crippen LogP contribution in [0.4, 0.5) is 17.1 Å². The fourth-order valence-electron chi connectivity index (χ4n) is 4.20. The van der Waals surface area contributed by atoms with Crippen molar-refractivity contribution in [3.8, 4) is 10.6 Å². The maximum absolute atomic E-state index is 13.0. The maximum Gasteiger partial charge on any atom is 0.275 e. The summed E-state index contributed by atoms with van der Waals surface area (Å²) in [6.45, 7) is 6.45. The molecule has 2 saturated heterocycles. The molecule has 0 unspecified atom stereocenters. The molecule has 174 valence electrons. The van der Waals surface area contributed by atoms with Gasteiger partial charge in [0.1, 0.15) is 10.7 Å². The summed E-state index contributed by atoms with van der Waals surface area (Å²) >= 11 is 1.41. The molecule has 4 heterocycles. The molecular weight excluding hydrogens is 440 g/mol. The average Bonchev–Trinajstić information content (AvgIpc) is 3.52. The van der Waals surface area contributed by atoms with Gasteiger partial charge in [0.25, 0.3) is 5.91 Å². The number of ether oxygens (including phenoxy) is 1. The lowest BCUT2D eigenvalue weighted by molar-refractivity contribution is 0.0351. The zero-order valence-corrected chi connectivity index (χ0v) is 19.4. The number of amides is 1. The van der Waals surface area contributed by atoms with Crippen LogP contribution in [-0.4, -0.2) is 71.2 Å². The van der Waals surface area contributed by atoms with E-state index in [0.29, 0.717) is 31.7 Å². The molecule has 10 heteroatoms. The molecule has 3 N–H and O–H groups in total. The van der Waals surface area contributed by atoms with E-state index >= 15 is 0 Å². The number of nitrogens with zero attached hydrogens (tertiary/aromatic N) is 4. The molecule has 0 bridgehead atoms. The lowest BCUT2D eigenvalue weighted by Gasteiger charge is -2.38. The van der Waals surface area contributed by atoms with E-state index in [1.54, 1.807) is 17.8 Å². The highest BCUT2D eigenvalue weighted by Gasteiger charge is 2.29. The van der Waals surface area contributed by atoms with Gasteiger partial charge in [-0.05, 0) is 38.0 Å². The second-order valence-electron chi connectivity index (χ2n) is 8.76. The van der Waals surface area contributed by atoms with Crippen LogP contribution in [0.25, 0.3) is 10.6 Å². The molecule has 2 aliphatic heterocycles. The smallest absolute Gasteiger partial charge is 0.275 e. The van der Waals surface area contributed by atoms with Gasteiger partial charge in [0.05, 0.1) is 36.4 Å². The highest BCUT2D eigenvalue weighted by molar-refractivity contribution is 7.13. The first-order valence-corrected chi connectivity index (χ1v) is 12.1. The van der Waals surface area contributed by atoms with Crippen LogP contribution in [-0.2, 0) is 4.74 Å². The van der Waals surface area contributed by atoms with E-state index in [2.05, 4.69) is 36.4 Å². The highest BCUT2D eigenvalue weighted by atomic mass is 32.1. The summed E-state index contributed by atoms with van der Waals surface area (Å²) in [5, 5.41) is 22.7. The van der Waals surface area contributed by atoms with Gasteiger partial charge in [-0.2, -0.15) is 5.10 Å². The van der Waals surface area contributed by atoms with E-state index in [4.69, 9.17) is 4.74 Å². The minimum atomic E-state index is -0.647. The molecule has 33 heavy (non-hydrogen) atoms. The van der Waals surface area contributed by atoms with E-state index in [-0.39, 0.29) is 5.91 Å². The number of morpholine rings is 1. The Morgan fingerprint density at radius 1 is 1.21 bits per heavy atom. The number of anilines is 3. The fraction of sp³-hybridized carbons (Fsp3) is 0.435. The Labute approximate surface area is 196 Å². The van der Waals surface area contributed by atoms with Crippen LogP contribution in [0.1, 0.15) is 30.3 Å². The Morgan fingerprint density at radius 3 is 2.73 bits per heavy atom. The number of aliphatic hydroxyl groups is 1. The molecule has 1 amide bonds. The summed E-state index contributed by atoms with van der Waals surface area (Å²) in [7, 11) is 0. The molecule has 0 aliphatic carbocycles. The van der Waals surface area contributed by atoms with E-state index < -0.39 is 5.60 Å². The summed E-state index contributed by atoms with van der Waals surface area (Å²) in [6, 6.07) is 6.15. The first-order chi connectivity index (χ1) is 16.0. The number of piperidine rings is 1. The number of hydrogen-bond donors (Lipinski definition) is 3. The molecule has 9 nitrogen and oxygen atoms in total. The third-order valence-corrected chi connectivity index (χ3v) is 7.16. The standard InChI is InChI=1S/C23H28N6O3S/c1-23(31)4-6-29(7-5-23)20-12-17(28-8-10-32-11-9-28)2-3-18(20)26-21(30)19-15-33-22(27-19)16-13-24-25-14-16/h2-3,12-15,31H,4-11H2,1H3,(H,24,25)(H,26,30). The first kappa shape index (κ1) is 21.9. The average molecular weight is 469 g/mol. The Balaban J connectivity index is 1.40. The maximum atomic E-state index is 13.0. The molecule has 0 atom stereocenters. The molecule has 1 aromatic carbocycles. The van der Waals surface area contributed by atoms with E-state index in [0.717, 1.165) is 53.8 Å². The normalized spacial score (nSPS) is 18.4. The molecule has 2 aromatic heterocycles. The van der Waals surface area contributed by atoms with Gasteiger partial charge in [-0.25, -0.2) is 4.98 Å². The fourth-order valence-corrected chi connectivity index (χ4v) is 4.98. The van der Waals surface area contributed by atoms with Gasteiger partial charge in [0.15, 0.2) is 0 Å². The topological polar surface area (TPSA) is 107 Å². The third-order valence-electron chi connectivity index (χ3n) is 6.27. The number of carbonyl (C=O) groups is 1. The van der Waals surface area contributed by atoms with Gasteiger partial charge in [-0.1, -0.05) is 0 Å². The lowest BCUT2D eigenvalue weighted by atomic mass is 9.93. The molecule has 0 radical (unpaired) electrons. The van der Waals surface area contributed by atoms with E-state index in [1.807, 2.05) is 19.1 Å². The van der Waals surface area contributed by atoms with Crippen LogP contribution in [0.3, 0.4) is 0 Å². The van der Waals surface area contributed by atoms with Crippen LogP contribution in [0.2, 0.25) is 0 Å². The summed E-state index contributed by atoms with van der Waals surface area (Å²) < 4.78 is 5.50. The number of rotatable bonds is 5. The SMILES string of the molecule is CC1(O)CCN(c2cc(N3CCOCC3)ccc2NC(=O)c2csc(-c3cn[nH]c3)n2)CC1. The number of H-pyrrole nitrogens is 1. The van der Waals surface area contributed by atoms with E-state index in [1.165, 1.54) is 11.3 Å². The molecule has 5 rings (SSSR count). The number of thiazole rings is 1. The van der Waals surface area contributed by atoms with Crippen molar-refractivity contribution in [2.45, 2.75) is 25.4 Å². The minimum Gasteiger partial charge on any atom is -0.390 e. The molecular formula is C23H28N6O3S. The lowest BCUT2D eigenvalue weighted by Crippen LogP contribution is -2.43. The first-order valence-electron chi connectivity index (χ1n) is 11.2. The van der Waals surface area contributed by atoms with Crippen molar-refractivity contribution in [3.05, 3.63) is 41.7 Å². The number of aromatic amines is 1. The molecule has 0 saturated carbocycles. The molecule has 3 aromatic rings. The van der Waals surface area contributed by atoms with Gasteiger partial charge in [0.2, 0.25) is 0 Å². The number of benzene rings is 1. The van der Waals surface area contributed by atoms with Crippen molar-refractivity contribution >= 4 is 34.3 Å². The van der Waals surface area contributed by atoms with E-state index in [9.17, 15) is 9.90 Å². The Morgan fingerprint density at radius 2 is 2.00 bits per heavy atom. The minimum absolute atomic E-state index is 0.245. The van der Waals surface area contributed by atoms with Crippen molar-refractivity contribution in [2.24, 2.45) is 0 Å². The van der Waals surface area contributed by atoms with Crippen LogP contribution in [0.5, 0.6) is 0 Å². The van der Waals surface area contributed by atoms with Crippen molar-refractivity contribution in [1.29, 1.82) is 0 Å². The Bertz CT molecular complexity index is 1100. The van der Waals surface area contributed by atoms with Crippen LogP contribution in [0, 0.1) is 0 Å². The Hall–Kier alpha value is -2.95. The van der Waals surface area contributed by atoms with Gasteiger partial charge in [-0.3, -0.25) is 9.89 Å². The number of hydrogen-bond acceptors (Lipinski definition) is 8. The zero-order chi connectivity index (χ0) is 22.8. The van der Waals surface area contributed by atoms with Crippen LogP contribution >= 0.6 is 11.3 Å². The predicted molar refractivity (Wildman–Crippen MR) is 129 cm³/mol. The molecule has 0 spiro atoms. The van der Waals surface area contributed by atoms with Gasteiger partial charge < -0.3 is 25.0 Å². The number of nitrogens with one attached hydrogen (secondary N) is 2. The van der Waals surface area contributed by atoms with Crippen LogP contribution < -0.4 is 15.1 Å². The number of carbonyl (C=O) groups excluding carboxylic acids is 1. The third kappa shape index (κ3) is 4.87. The molecule has 2 fully saturated rings. The Kier molecular flexibility index (Phi) is 6.05. The van der Waals surface area contributed by atoms with Crippen LogP contribution in [0.15, 0.2) is 36.0 Å². The van der Waals surface area contributed by atoms with Gasteiger partial charge in [0, 0.05) is 49.0 Å². The monoisotopic (exact) mass is 468 g/mol. The summed E-state index contributed by atoms with van der Waals surface area (Å²) in [6.07, 6.45) is 4.81. The predicted octanol–water partition coefficient (Wildman–Crippen LogP) is 2.97. The summed E-state index contributed by atoms with van der Waals surface area (Å²) in [4.78, 5) is 22.1. The summed E-state index contributed by atoms with van der Waals surface area (Å²) in [5.41, 5.74) is 3.41. The van der Waals surface area contributed by atoms with Crippen molar-refractivity contribution in [3.63, 3.8) is 0 Å².